The van der Waals surface area contributed by atoms with Crippen LogP contribution in [0.2, 0.25) is 0 Å². The van der Waals surface area contributed by atoms with Crippen LogP contribution in [0.4, 0.5) is 4.79 Å². The van der Waals surface area contributed by atoms with Gasteiger partial charge >= 0.3 is 6.03 Å². The summed E-state index contributed by atoms with van der Waals surface area (Å²) in [6.07, 6.45) is 1.41. The largest absolute Gasteiger partial charge is 0.350 e. The Morgan fingerprint density at radius 3 is 2.56 bits per heavy atom. The van der Waals surface area contributed by atoms with Crippen molar-refractivity contribution in [2.75, 3.05) is 0 Å². The maximum absolute atomic E-state index is 10.3. The second kappa shape index (κ2) is 3.65. The van der Waals surface area contributed by atoms with Crippen molar-refractivity contribution in [2.45, 2.75) is 6.42 Å². The molecule has 9 heavy (non-hydrogen) atoms. The predicted molar refractivity (Wildman–Crippen MR) is 31.5 cm³/mol. The summed E-state index contributed by atoms with van der Waals surface area (Å²) in [6, 6.07) is -0.957. The van der Waals surface area contributed by atoms with Crippen molar-refractivity contribution in [2.24, 2.45) is 5.73 Å². The van der Waals surface area contributed by atoms with E-state index >= 15 is 0 Å². The molecular formula is C5H7N2O2. The Hall–Kier alpha value is -1.32. The molecular weight excluding hydrogens is 120 g/mol. The van der Waals surface area contributed by atoms with Gasteiger partial charge in [0.15, 0.2) is 0 Å². The molecule has 4 heteroatoms. The van der Waals surface area contributed by atoms with Crippen molar-refractivity contribution in [3.63, 3.8) is 0 Å². The Bertz CT molecular complexity index is 142. The summed E-state index contributed by atoms with van der Waals surface area (Å²) < 4.78 is 0. The Morgan fingerprint density at radius 2 is 2.22 bits per heavy atom. The highest BCUT2D eigenvalue weighted by molar-refractivity contribution is 5.93. The van der Waals surface area contributed by atoms with Crippen LogP contribution in [0.15, 0.2) is 12.7 Å². The highest BCUT2D eigenvalue weighted by Crippen LogP contribution is 1.79. The van der Waals surface area contributed by atoms with Gasteiger partial charge in [0.25, 0.3) is 5.91 Å². The molecule has 0 saturated heterocycles. The summed E-state index contributed by atoms with van der Waals surface area (Å²) in [6.45, 7) is 3.27. The lowest BCUT2D eigenvalue weighted by molar-refractivity contribution is -0.119. The maximum Gasteiger partial charge on any atom is 0.341 e. The fourth-order valence-electron chi connectivity index (χ4n) is 0.292. The minimum Gasteiger partial charge on any atom is -0.350 e. The van der Waals surface area contributed by atoms with Crippen molar-refractivity contribution in [3.05, 3.63) is 12.7 Å². The SMILES string of the molecule is C=CCC(=O)[N]C(N)=O. The Kier molecular flexibility index (Phi) is 3.12. The van der Waals surface area contributed by atoms with Crippen molar-refractivity contribution in [1.29, 1.82) is 0 Å². The third-order valence-electron chi connectivity index (χ3n) is 0.554. The number of nitrogens with two attached hydrogens (primary N) is 1. The fourth-order valence-corrected chi connectivity index (χ4v) is 0.292. The van der Waals surface area contributed by atoms with E-state index in [0.29, 0.717) is 0 Å². The molecule has 49 valence electrons. The van der Waals surface area contributed by atoms with Crippen LogP contribution in [0.3, 0.4) is 0 Å². The molecule has 0 spiro atoms. The van der Waals surface area contributed by atoms with E-state index < -0.39 is 11.9 Å². The van der Waals surface area contributed by atoms with E-state index in [1.165, 1.54) is 6.08 Å². The zero-order valence-electron chi connectivity index (χ0n) is 4.83. The minimum atomic E-state index is -0.957. The van der Waals surface area contributed by atoms with E-state index in [4.69, 9.17) is 0 Å². The van der Waals surface area contributed by atoms with Gasteiger partial charge in [0.2, 0.25) is 0 Å². The molecule has 2 N–H and O–H groups in total. The van der Waals surface area contributed by atoms with Gasteiger partial charge in [-0.25, -0.2) is 4.79 Å². The molecule has 0 saturated carbocycles. The number of rotatable bonds is 2. The first-order valence-corrected chi connectivity index (χ1v) is 2.31. The zero-order valence-corrected chi connectivity index (χ0v) is 4.83. The van der Waals surface area contributed by atoms with Crippen molar-refractivity contribution in [3.8, 4) is 0 Å². The van der Waals surface area contributed by atoms with Gasteiger partial charge in [-0.2, -0.15) is 5.32 Å². The summed E-state index contributed by atoms with van der Waals surface area (Å²) in [5, 5.41) is 2.90. The van der Waals surface area contributed by atoms with E-state index in [1.807, 2.05) is 0 Å². The van der Waals surface area contributed by atoms with Gasteiger partial charge in [-0.3, -0.25) is 4.79 Å². The first-order chi connectivity index (χ1) is 4.16. The molecule has 0 aliphatic rings. The molecule has 0 bridgehead atoms. The molecule has 3 amide bonds. The quantitative estimate of drug-likeness (QED) is 0.520. The van der Waals surface area contributed by atoms with Crippen molar-refractivity contribution in [1.82, 2.24) is 5.32 Å². The summed E-state index contributed by atoms with van der Waals surface area (Å²) in [5.41, 5.74) is 4.56. The van der Waals surface area contributed by atoms with Gasteiger partial charge in [0.1, 0.15) is 0 Å². The summed E-state index contributed by atoms with van der Waals surface area (Å²) in [7, 11) is 0. The lowest BCUT2D eigenvalue weighted by Crippen LogP contribution is -2.27. The van der Waals surface area contributed by atoms with Crippen LogP contribution in [0.1, 0.15) is 6.42 Å². The van der Waals surface area contributed by atoms with Gasteiger partial charge in [-0.15, -0.1) is 6.58 Å². The van der Waals surface area contributed by atoms with Crippen molar-refractivity contribution < 1.29 is 9.59 Å². The molecule has 0 aromatic carbocycles. The molecule has 0 heterocycles. The van der Waals surface area contributed by atoms with E-state index in [1.54, 1.807) is 0 Å². The second-order valence-electron chi connectivity index (χ2n) is 1.34. The monoisotopic (exact) mass is 127 g/mol. The third kappa shape index (κ3) is 4.53. The normalized spacial score (nSPS) is 8.00. The molecule has 0 aromatic heterocycles. The number of hydrogen-bond acceptors (Lipinski definition) is 2. The number of carbonyl (C=O) groups excluding carboxylic acids is 2. The summed E-state index contributed by atoms with van der Waals surface area (Å²) in [5.74, 6) is -0.558. The molecule has 0 unspecified atom stereocenters. The fraction of sp³-hybridized carbons (Fsp3) is 0.200. The Labute approximate surface area is 52.7 Å². The molecule has 0 rings (SSSR count). The third-order valence-corrected chi connectivity index (χ3v) is 0.554. The second-order valence-corrected chi connectivity index (χ2v) is 1.34. The molecule has 0 atom stereocenters. The standard InChI is InChI=1S/C5H7N2O2/c1-2-3-4(8)7-5(6)9/h2H,1,3H2,(H2,6,9). The number of amides is 3. The van der Waals surface area contributed by atoms with Crippen LogP contribution in [0.25, 0.3) is 0 Å². The van der Waals surface area contributed by atoms with E-state index in [2.05, 4.69) is 17.6 Å². The molecule has 0 fully saturated rings. The van der Waals surface area contributed by atoms with E-state index in [-0.39, 0.29) is 6.42 Å². The van der Waals surface area contributed by atoms with Gasteiger partial charge in [0, 0.05) is 6.42 Å². The van der Waals surface area contributed by atoms with Crippen LogP contribution in [-0.4, -0.2) is 11.9 Å². The van der Waals surface area contributed by atoms with Gasteiger partial charge < -0.3 is 5.73 Å². The zero-order chi connectivity index (χ0) is 7.28. The Balaban J connectivity index is 3.50. The number of primary amides is 1. The van der Waals surface area contributed by atoms with Crippen molar-refractivity contribution >= 4 is 11.9 Å². The van der Waals surface area contributed by atoms with Gasteiger partial charge in [0.05, 0.1) is 0 Å². The lowest BCUT2D eigenvalue weighted by atomic mass is 10.4. The van der Waals surface area contributed by atoms with E-state index in [9.17, 15) is 9.59 Å². The average Bonchev–Trinajstić information content (AvgIpc) is 1.63. The molecule has 0 aliphatic heterocycles. The predicted octanol–water partition coefficient (Wildman–Crippen LogP) is -0.228. The molecule has 0 aliphatic carbocycles. The average molecular weight is 127 g/mol. The van der Waals surface area contributed by atoms with Gasteiger partial charge in [-0.05, 0) is 0 Å². The highest BCUT2D eigenvalue weighted by atomic mass is 16.2. The smallest absolute Gasteiger partial charge is 0.341 e. The number of urea groups is 1. The Morgan fingerprint density at radius 1 is 1.67 bits per heavy atom. The number of nitrogens with zero attached hydrogens (tertiary/aromatic N) is 1. The van der Waals surface area contributed by atoms with Crippen LogP contribution in [-0.2, 0) is 4.79 Å². The summed E-state index contributed by atoms with van der Waals surface area (Å²) >= 11 is 0. The lowest BCUT2D eigenvalue weighted by Gasteiger charge is -1.89. The number of carbonyl (C=O) groups is 2. The molecule has 0 aromatic rings. The van der Waals surface area contributed by atoms with Crippen LogP contribution < -0.4 is 11.1 Å². The first-order valence-electron chi connectivity index (χ1n) is 2.31. The summed E-state index contributed by atoms with van der Waals surface area (Å²) in [4.78, 5) is 20.2. The first kappa shape index (κ1) is 7.68. The molecule has 1 radical (unpaired) electrons. The van der Waals surface area contributed by atoms with Gasteiger partial charge in [-0.1, -0.05) is 6.08 Å². The van der Waals surface area contributed by atoms with Crippen LogP contribution in [0.5, 0.6) is 0 Å². The topological polar surface area (TPSA) is 74.3 Å². The number of imide groups is 1. The maximum atomic E-state index is 10.3. The highest BCUT2D eigenvalue weighted by Gasteiger charge is 2.02. The van der Waals surface area contributed by atoms with Crippen LogP contribution >= 0.6 is 0 Å². The molecule has 4 nitrogen and oxygen atoms in total. The minimum absolute atomic E-state index is 0.0585. The van der Waals surface area contributed by atoms with E-state index in [0.717, 1.165) is 0 Å². The van der Waals surface area contributed by atoms with Crippen LogP contribution in [0, 0.1) is 0 Å². The number of hydrogen-bond donors (Lipinski definition) is 1.